The number of pyridine rings is 2. The van der Waals surface area contributed by atoms with Gasteiger partial charge < -0.3 is 9.40 Å². The van der Waals surface area contributed by atoms with Crippen molar-refractivity contribution < 1.29 is 24.5 Å². The summed E-state index contributed by atoms with van der Waals surface area (Å²) in [6, 6.07) is 47.0. The first-order chi connectivity index (χ1) is 26.1. The molecule has 0 amide bonds. The molecular weight excluding hydrogens is 909 g/mol. The van der Waals surface area contributed by atoms with Crippen molar-refractivity contribution in [2.24, 2.45) is 5.92 Å². The molecule has 1 saturated carbocycles. The predicted molar refractivity (Wildman–Crippen MR) is 230 cm³/mol. The fourth-order valence-electron chi connectivity index (χ4n) is 8.45. The van der Waals surface area contributed by atoms with E-state index in [9.17, 15) is 0 Å². The van der Waals surface area contributed by atoms with Crippen LogP contribution in [-0.2, 0) is 25.5 Å². The summed E-state index contributed by atoms with van der Waals surface area (Å²) in [4.78, 5) is 9.49. The van der Waals surface area contributed by atoms with Crippen molar-refractivity contribution in [3.63, 3.8) is 0 Å². The van der Waals surface area contributed by atoms with Gasteiger partial charge in [0, 0.05) is 31.7 Å². The Balaban J connectivity index is 0.000000183. The first-order valence-electron chi connectivity index (χ1n) is 19.3. The van der Waals surface area contributed by atoms with Crippen LogP contribution in [0.3, 0.4) is 0 Å². The van der Waals surface area contributed by atoms with Crippen molar-refractivity contribution in [1.29, 1.82) is 0 Å². The van der Waals surface area contributed by atoms with Gasteiger partial charge in [0.15, 0.2) is 0 Å². The first kappa shape index (κ1) is 38.9. The van der Waals surface area contributed by atoms with E-state index in [0.29, 0.717) is 0 Å². The molecule has 8 aromatic rings. The zero-order valence-corrected chi connectivity index (χ0v) is 37.2. The second kappa shape index (κ2) is 16.0. The van der Waals surface area contributed by atoms with E-state index in [-0.39, 0.29) is 25.5 Å². The van der Waals surface area contributed by atoms with E-state index in [1.54, 1.807) is 0 Å². The van der Waals surface area contributed by atoms with Crippen LogP contribution >= 0.6 is 0 Å². The summed E-state index contributed by atoms with van der Waals surface area (Å²) in [7, 11) is 0. The zero-order valence-electron chi connectivity index (χ0n) is 32.7. The van der Waals surface area contributed by atoms with Crippen LogP contribution in [0.2, 0.25) is 17.3 Å². The molecule has 1 aliphatic carbocycles. The summed E-state index contributed by atoms with van der Waals surface area (Å²) in [6.07, 6.45) is 9.38. The summed E-state index contributed by atoms with van der Waals surface area (Å²) >= 11 is -1.84. The molecule has 279 valence electrons. The van der Waals surface area contributed by atoms with Gasteiger partial charge in [0.25, 0.3) is 0 Å². The smallest absolute Gasteiger partial charge is 0 e. The van der Waals surface area contributed by atoms with Gasteiger partial charge in [0.1, 0.15) is 5.58 Å². The molecule has 3 aromatic heterocycles. The number of aromatic nitrogens is 2. The largest absolute Gasteiger partial charge is 0 e. The Morgan fingerprint density at radius 1 is 0.691 bits per heavy atom. The van der Waals surface area contributed by atoms with Crippen molar-refractivity contribution in [2.75, 3.05) is 0 Å². The fraction of sp³-hybridized carbons (Fsp3) is 0.240. The molecule has 9 rings (SSSR count). The molecule has 1 fully saturated rings. The zero-order chi connectivity index (χ0) is 37.5. The fourth-order valence-corrected chi connectivity index (χ4v) is 12.0. The summed E-state index contributed by atoms with van der Waals surface area (Å²) in [5.41, 5.74) is 11.0. The topological polar surface area (TPSA) is 38.9 Å². The minimum absolute atomic E-state index is 0. The van der Waals surface area contributed by atoms with Gasteiger partial charge in [-0.1, -0.05) is 86.2 Å². The second-order valence-corrected chi connectivity index (χ2v) is 27.1. The third-order valence-electron chi connectivity index (χ3n) is 11.6. The van der Waals surface area contributed by atoms with Crippen LogP contribution in [0, 0.1) is 25.0 Å². The van der Waals surface area contributed by atoms with Crippen LogP contribution in [0.4, 0.5) is 0 Å². The van der Waals surface area contributed by atoms with Crippen LogP contribution in [0.25, 0.3) is 66.4 Å². The minimum Gasteiger partial charge on any atom is 0 e. The van der Waals surface area contributed by atoms with Gasteiger partial charge >= 0.3 is 129 Å². The average molecular weight is 958 g/mol. The van der Waals surface area contributed by atoms with Crippen LogP contribution < -0.4 is 4.40 Å². The number of hydrogen-bond donors (Lipinski definition) is 0. The van der Waals surface area contributed by atoms with Gasteiger partial charge in [0.2, 0.25) is 0 Å². The van der Waals surface area contributed by atoms with E-state index in [2.05, 4.69) is 153 Å². The van der Waals surface area contributed by atoms with E-state index in [1.807, 2.05) is 24.4 Å². The molecule has 1 aliphatic rings. The number of hydrogen-bond acceptors (Lipinski definition) is 3. The molecule has 0 saturated heterocycles. The van der Waals surface area contributed by atoms with Gasteiger partial charge in [-0.2, -0.15) is 0 Å². The number of benzene rings is 5. The molecule has 5 heteroatoms. The van der Waals surface area contributed by atoms with E-state index >= 15 is 0 Å². The molecular formula is C50H48GeIrN2O-2. The summed E-state index contributed by atoms with van der Waals surface area (Å²) in [5, 5.41) is 4.70. The van der Waals surface area contributed by atoms with Gasteiger partial charge in [-0.15, -0.1) is 18.2 Å². The molecule has 0 bridgehead atoms. The number of furan rings is 1. The van der Waals surface area contributed by atoms with Crippen molar-refractivity contribution in [1.82, 2.24) is 9.97 Å². The molecule has 0 N–H and O–H groups in total. The normalized spacial score (nSPS) is 13.5. The van der Waals surface area contributed by atoms with Gasteiger partial charge in [-0.25, -0.2) is 0 Å². The van der Waals surface area contributed by atoms with Crippen molar-refractivity contribution >= 4 is 50.4 Å². The summed E-state index contributed by atoms with van der Waals surface area (Å²) in [6.45, 7) is 6.99. The SMILES string of the molecule is CC(C)(c1ccnc(-c2[c-]ccc3c2oc2cc(-c4ccccc4)ccc23)c1)C1CCCC1.Cc1cc(-c2[c-]ccc3ccccc23)nc[c]1[Ge]([CH3])([CH3])[CH3].[Ir]. The van der Waals surface area contributed by atoms with Gasteiger partial charge in [-0.3, -0.25) is 0 Å². The van der Waals surface area contributed by atoms with E-state index in [1.165, 1.54) is 57.5 Å². The van der Waals surface area contributed by atoms with Crippen LogP contribution in [0.15, 0.2) is 132 Å². The van der Waals surface area contributed by atoms with Crippen LogP contribution in [-0.4, -0.2) is 23.2 Å². The number of fused-ring (bicyclic) bond motifs is 4. The van der Waals surface area contributed by atoms with Crippen molar-refractivity contribution in [3.05, 3.63) is 151 Å². The minimum atomic E-state index is -1.84. The van der Waals surface area contributed by atoms with E-state index in [0.717, 1.165) is 55.9 Å². The Bertz CT molecular complexity index is 2590. The molecule has 0 atom stereocenters. The Morgan fingerprint density at radius 3 is 2.16 bits per heavy atom. The third-order valence-corrected chi connectivity index (χ3v) is 16.1. The summed E-state index contributed by atoms with van der Waals surface area (Å²) < 4.78 is 7.94. The van der Waals surface area contributed by atoms with E-state index < -0.39 is 13.3 Å². The average Bonchev–Trinajstić information content (AvgIpc) is 3.87. The standard InChI is InChI=1S/C31H28NO.C19H20GeN.Ir/c1-31(2,23-11-6-7-12-23)24-17-18-32-28(20-24)27-14-8-13-26-25-16-15-22(19-29(25)33-30(26)27)21-9-4-3-5-10-21;1-14-12-19(21-13-18(14)20(2,3)4)17-11-7-9-15-8-5-6-10-16(15)17;/h3-5,8-10,13,15-20,23H,6-7,11-12H2,1-2H3;5-10,12-13H,1-4H3;/q2*-1;. The molecule has 0 spiro atoms. The Kier molecular flexibility index (Phi) is 11.3. The van der Waals surface area contributed by atoms with Gasteiger partial charge in [-0.05, 0) is 58.7 Å². The molecule has 3 heterocycles. The maximum Gasteiger partial charge on any atom is 0 e. The Morgan fingerprint density at radius 2 is 1.40 bits per heavy atom. The maximum atomic E-state index is 6.45. The first-order valence-corrected chi connectivity index (χ1v) is 26.7. The van der Waals surface area contributed by atoms with Crippen LogP contribution in [0.1, 0.15) is 50.7 Å². The van der Waals surface area contributed by atoms with Crippen LogP contribution in [0.5, 0.6) is 0 Å². The second-order valence-electron chi connectivity index (χ2n) is 16.5. The third kappa shape index (κ3) is 7.88. The number of rotatable bonds is 6. The monoisotopic (exact) mass is 959 g/mol. The van der Waals surface area contributed by atoms with Gasteiger partial charge in [0.05, 0.1) is 5.58 Å². The van der Waals surface area contributed by atoms with E-state index in [4.69, 9.17) is 14.4 Å². The number of aryl methyl sites for hydroxylation is 1. The molecule has 3 nitrogen and oxygen atoms in total. The molecule has 55 heavy (non-hydrogen) atoms. The molecule has 0 unspecified atom stereocenters. The predicted octanol–water partition coefficient (Wildman–Crippen LogP) is 13.1. The Hall–Kier alpha value is -4.35. The quantitative estimate of drug-likeness (QED) is 0.123. The Labute approximate surface area is 342 Å². The van der Waals surface area contributed by atoms with Crippen molar-refractivity contribution in [3.8, 4) is 33.6 Å². The van der Waals surface area contributed by atoms with Crippen molar-refractivity contribution in [2.45, 2.75) is 69.1 Å². The molecule has 1 radical (unpaired) electrons. The summed E-state index contributed by atoms with van der Waals surface area (Å²) in [5.74, 6) is 7.96. The molecule has 5 aromatic carbocycles. The maximum absolute atomic E-state index is 6.45. The molecule has 0 aliphatic heterocycles. The number of nitrogens with zero attached hydrogens (tertiary/aromatic N) is 2.